The van der Waals surface area contributed by atoms with Gasteiger partial charge in [-0.15, -0.1) is 10.2 Å². The number of piperazine rings is 1. The molecule has 0 saturated carbocycles. The lowest BCUT2D eigenvalue weighted by atomic mass is 10.2. The molecule has 1 aromatic carbocycles. The largest absolute Gasteiger partial charge is 0.451 e. The van der Waals surface area contributed by atoms with E-state index >= 15 is 0 Å². The van der Waals surface area contributed by atoms with Crippen molar-refractivity contribution in [2.24, 2.45) is 7.05 Å². The Kier molecular flexibility index (Phi) is 6.95. The van der Waals surface area contributed by atoms with E-state index in [9.17, 15) is 31.2 Å². The first-order valence-electron chi connectivity index (χ1n) is 9.39. The van der Waals surface area contributed by atoms with Crippen LogP contribution in [0.3, 0.4) is 0 Å². The van der Waals surface area contributed by atoms with Crippen LogP contribution in [0.2, 0.25) is 0 Å². The lowest BCUT2D eigenvalue weighted by Crippen LogP contribution is -2.51. The number of carbonyl (C=O) groups excluding carboxylic acids is 2. The zero-order valence-corrected chi connectivity index (χ0v) is 18.8. The number of amides is 1. The van der Waals surface area contributed by atoms with Crippen LogP contribution in [0.4, 0.5) is 13.2 Å². The zero-order chi connectivity index (χ0) is 23.7. The van der Waals surface area contributed by atoms with Gasteiger partial charge in [-0.05, 0) is 19.1 Å². The number of carbonyl (C=O) groups is 2. The lowest BCUT2D eigenvalue weighted by molar-refractivity contribution is -0.147. The van der Waals surface area contributed by atoms with Gasteiger partial charge in [0.05, 0.1) is 10.6 Å². The number of ketones is 1. The normalized spacial score (nSPS) is 15.7. The highest BCUT2D eigenvalue weighted by Gasteiger charge is 2.37. The number of hydrogen-bond acceptors (Lipinski definition) is 7. The van der Waals surface area contributed by atoms with Crippen molar-refractivity contribution in [3.8, 4) is 0 Å². The molecule has 1 aliphatic heterocycles. The van der Waals surface area contributed by atoms with Crippen LogP contribution in [-0.2, 0) is 28.0 Å². The van der Waals surface area contributed by atoms with Gasteiger partial charge in [0.2, 0.25) is 21.8 Å². The first-order chi connectivity index (χ1) is 14.9. The van der Waals surface area contributed by atoms with Gasteiger partial charge in [-0.3, -0.25) is 9.59 Å². The predicted molar refractivity (Wildman–Crippen MR) is 109 cm³/mol. The molecule has 0 aliphatic carbocycles. The Morgan fingerprint density at radius 2 is 1.66 bits per heavy atom. The SMILES string of the molecule is CC(=O)c1ccc(S(=O)(=O)N2CCN(C(=O)CSc3nnc(C(F)(F)F)n3C)CC2)cc1. The number of benzene rings is 1. The number of sulfonamides is 1. The number of aromatic nitrogens is 3. The van der Waals surface area contributed by atoms with Crippen LogP contribution in [0, 0.1) is 0 Å². The molecule has 0 radical (unpaired) electrons. The summed E-state index contributed by atoms with van der Waals surface area (Å²) in [6, 6.07) is 5.64. The highest BCUT2D eigenvalue weighted by molar-refractivity contribution is 7.99. The maximum absolute atomic E-state index is 12.8. The van der Waals surface area contributed by atoms with Gasteiger partial charge in [-0.1, -0.05) is 23.9 Å². The molecule has 1 amide bonds. The van der Waals surface area contributed by atoms with Crippen LogP contribution in [-0.4, -0.2) is 76.0 Å². The monoisotopic (exact) mass is 491 g/mol. The third-order valence-corrected chi connectivity index (χ3v) is 7.82. The number of alkyl halides is 3. The van der Waals surface area contributed by atoms with Gasteiger partial charge in [0.15, 0.2) is 10.9 Å². The molecule has 174 valence electrons. The summed E-state index contributed by atoms with van der Waals surface area (Å²) >= 11 is 0.831. The molecule has 32 heavy (non-hydrogen) atoms. The minimum Gasteiger partial charge on any atom is -0.339 e. The Hall–Kier alpha value is -2.45. The van der Waals surface area contributed by atoms with E-state index in [-0.39, 0.29) is 53.7 Å². The first kappa shape index (κ1) is 24.2. The van der Waals surface area contributed by atoms with E-state index in [1.807, 2.05) is 0 Å². The highest BCUT2D eigenvalue weighted by atomic mass is 32.2. The van der Waals surface area contributed by atoms with Gasteiger partial charge in [-0.25, -0.2) is 8.42 Å². The Morgan fingerprint density at radius 3 is 2.16 bits per heavy atom. The van der Waals surface area contributed by atoms with Crippen molar-refractivity contribution in [2.75, 3.05) is 31.9 Å². The fourth-order valence-electron chi connectivity index (χ4n) is 3.09. The maximum Gasteiger partial charge on any atom is 0.451 e. The summed E-state index contributed by atoms with van der Waals surface area (Å²) in [5.41, 5.74) is 0.405. The van der Waals surface area contributed by atoms with E-state index in [1.165, 1.54) is 47.4 Å². The number of nitrogens with zero attached hydrogens (tertiary/aromatic N) is 5. The molecule has 9 nitrogen and oxygen atoms in total. The predicted octanol–water partition coefficient (Wildman–Crippen LogP) is 1.66. The van der Waals surface area contributed by atoms with Gasteiger partial charge in [0, 0.05) is 38.8 Å². The molecule has 14 heteroatoms. The minimum atomic E-state index is -4.64. The third kappa shape index (κ3) is 5.13. The maximum atomic E-state index is 12.8. The minimum absolute atomic E-state index is 0.0408. The van der Waals surface area contributed by atoms with Crippen molar-refractivity contribution in [1.29, 1.82) is 0 Å². The topological polar surface area (TPSA) is 105 Å². The van der Waals surface area contributed by atoms with Gasteiger partial charge >= 0.3 is 6.18 Å². The van der Waals surface area contributed by atoms with E-state index in [0.717, 1.165) is 16.3 Å². The Balaban J connectivity index is 1.56. The molecule has 1 aliphatic rings. The number of halogens is 3. The summed E-state index contributed by atoms with van der Waals surface area (Å²) < 4.78 is 66.0. The zero-order valence-electron chi connectivity index (χ0n) is 17.2. The second-order valence-corrected chi connectivity index (χ2v) is 9.90. The molecule has 0 spiro atoms. The van der Waals surface area contributed by atoms with E-state index in [0.29, 0.717) is 5.56 Å². The fourth-order valence-corrected chi connectivity index (χ4v) is 5.33. The van der Waals surface area contributed by atoms with Gasteiger partial charge in [-0.2, -0.15) is 17.5 Å². The summed E-state index contributed by atoms with van der Waals surface area (Å²) in [6.45, 7) is 1.84. The van der Waals surface area contributed by atoms with Crippen molar-refractivity contribution in [3.05, 3.63) is 35.7 Å². The smallest absolute Gasteiger partial charge is 0.339 e. The molecule has 0 N–H and O–H groups in total. The highest BCUT2D eigenvalue weighted by Crippen LogP contribution is 2.29. The van der Waals surface area contributed by atoms with Gasteiger partial charge < -0.3 is 9.47 Å². The molecule has 0 atom stereocenters. The fraction of sp³-hybridized carbons (Fsp3) is 0.444. The van der Waals surface area contributed by atoms with Crippen LogP contribution in [0.5, 0.6) is 0 Å². The molecule has 2 aromatic rings. The van der Waals surface area contributed by atoms with E-state index in [4.69, 9.17) is 0 Å². The molecule has 0 bridgehead atoms. The van der Waals surface area contributed by atoms with Crippen LogP contribution in [0.25, 0.3) is 0 Å². The van der Waals surface area contributed by atoms with Crippen LogP contribution < -0.4 is 0 Å². The second-order valence-electron chi connectivity index (χ2n) is 7.02. The van der Waals surface area contributed by atoms with Crippen LogP contribution >= 0.6 is 11.8 Å². The number of thioether (sulfide) groups is 1. The Bertz CT molecular complexity index is 1110. The summed E-state index contributed by atoms with van der Waals surface area (Å²) in [5.74, 6) is -1.81. The van der Waals surface area contributed by atoms with Crippen molar-refractivity contribution in [2.45, 2.75) is 23.2 Å². The molecule has 1 saturated heterocycles. The second kappa shape index (κ2) is 9.19. The average molecular weight is 492 g/mol. The Labute approximate surface area is 186 Å². The standard InChI is InChI=1S/C18H20F3N5O4S2/c1-12(27)13-3-5-14(6-4-13)32(29,30)26-9-7-25(8-10-26)15(28)11-31-17-23-22-16(24(17)2)18(19,20)21/h3-6H,7-11H2,1-2H3. The number of Topliss-reactive ketones (excluding diaryl/α,β-unsaturated/α-hetero) is 1. The summed E-state index contributed by atoms with van der Waals surface area (Å²) in [4.78, 5) is 25.3. The molecular formula is C18H20F3N5O4S2. The van der Waals surface area contributed by atoms with Crippen molar-refractivity contribution >= 4 is 33.5 Å². The first-order valence-corrected chi connectivity index (χ1v) is 11.8. The molecule has 0 unspecified atom stereocenters. The van der Waals surface area contributed by atoms with E-state index in [1.54, 1.807) is 0 Å². The van der Waals surface area contributed by atoms with Gasteiger partial charge in [0.25, 0.3) is 0 Å². The number of hydrogen-bond donors (Lipinski definition) is 0. The third-order valence-electron chi connectivity index (χ3n) is 4.90. The summed E-state index contributed by atoms with van der Waals surface area (Å²) in [7, 11) is -2.61. The molecule has 2 heterocycles. The average Bonchev–Trinajstić information content (AvgIpc) is 3.13. The molecule has 1 aromatic heterocycles. The summed E-state index contributed by atoms with van der Waals surface area (Å²) in [6.07, 6.45) is -4.64. The molecule has 3 rings (SSSR count). The summed E-state index contributed by atoms with van der Waals surface area (Å²) in [5, 5.41) is 6.54. The van der Waals surface area contributed by atoms with E-state index in [2.05, 4.69) is 10.2 Å². The van der Waals surface area contributed by atoms with Gasteiger partial charge in [0.1, 0.15) is 0 Å². The molecule has 1 fully saturated rings. The van der Waals surface area contributed by atoms with Crippen LogP contribution in [0.15, 0.2) is 34.3 Å². The Morgan fingerprint density at radius 1 is 1.06 bits per heavy atom. The van der Waals surface area contributed by atoms with E-state index < -0.39 is 22.0 Å². The van der Waals surface area contributed by atoms with Crippen molar-refractivity contribution in [1.82, 2.24) is 24.0 Å². The quantitative estimate of drug-likeness (QED) is 0.447. The number of rotatable bonds is 6. The van der Waals surface area contributed by atoms with Crippen LogP contribution in [0.1, 0.15) is 23.1 Å². The van der Waals surface area contributed by atoms with Crippen molar-refractivity contribution < 1.29 is 31.2 Å². The lowest BCUT2D eigenvalue weighted by Gasteiger charge is -2.34. The molecular weight excluding hydrogens is 471 g/mol. The van der Waals surface area contributed by atoms with Crippen molar-refractivity contribution in [3.63, 3.8) is 0 Å².